The zero-order valence-electron chi connectivity index (χ0n) is 27.6. The second-order valence-corrected chi connectivity index (χ2v) is 13.9. The Morgan fingerprint density at radius 3 is 1.69 bits per heavy atom. The molecule has 0 saturated heterocycles. The number of hydrogen-bond acceptors (Lipinski definition) is 4. The number of aromatic nitrogens is 4. The van der Waals surface area contributed by atoms with E-state index in [1.807, 2.05) is 6.07 Å². The predicted molar refractivity (Wildman–Crippen MR) is 213 cm³/mol. The predicted octanol–water partition coefficient (Wildman–Crippen LogP) is 12.1. The fraction of sp³-hybridized carbons (Fsp3) is 0.0217. The molecule has 0 bridgehead atoms. The fourth-order valence-electron chi connectivity index (χ4n) is 7.33. The van der Waals surface area contributed by atoms with Gasteiger partial charge in [0.05, 0.1) is 0 Å². The molecule has 10 aromatic rings. The first-order valence-electron chi connectivity index (χ1n) is 17.2. The van der Waals surface area contributed by atoms with Crippen LogP contribution in [0.1, 0.15) is 5.56 Å². The van der Waals surface area contributed by atoms with Crippen molar-refractivity contribution in [2.45, 2.75) is 6.54 Å². The van der Waals surface area contributed by atoms with Crippen molar-refractivity contribution in [1.29, 1.82) is 0 Å². The SMILES string of the molecule is c1ccc(-c2ccccc2-c2nc(-c3ccc(Cn4c5ccccc5c5ccccc54)cc3)nc(-c3cccc4c3sc3ccccc34)n2)cc1. The van der Waals surface area contributed by atoms with Gasteiger partial charge in [0.25, 0.3) is 0 Å². The average Bonchev–Trinajstić information content (AvgIpc) is 3.74. The van der Waals surface area contributed by atoms with Crippen LogP contribution < -0.4 is 0 Å². The van der Waals surface area contributed by atoms with Crippen molar-refractivity contribution in [3.63, 3.8) is 0 Å². The van der Waals surface area contributed by atoms with Crippen molar-refractivity contribution in [3.8, 4) is 45.3 Å². The molecular weight excluding hydrogens is 641 g/mol. The lowest BCUT2D eigenvalue weighted by atomic mass is 9.99. The molecule has 7 aromatic carbocycles. The Bertz CT molecular complexity index is 2830. The highest BCUT2D eigenvalue weighted by Crippen LogP contribution is 2.40. The third kappa shape index (κ3) is 5.09. The summed E-state index contributed by atoms with van der Waals surface area (Å²) in [5.41, 5.74) is 8.83. The molecule has 0 radical (unpaired) electrons. The summed E-state index contributed by atoms with van der Waals surface area (Å²) in [6.07, 6.45) is 0. The van der Waals surface area contributed by atoms with Gasteiger partial charge in [-0.3, -0.25) is 0 Å². The molecular formula is C46H30N4S. The van der Waals surface area contributed by atoms with Gasteiger partial charge in [0.1, 0.15) is 0 Å². The number of benzene rings is 7. The minimum Gasteiger partial charge on any atom is -0.336 e. The summed E-state index contributed by atoms with van der Waals surface area (Å²) in [7, 11) is 0. The zero-order valence-corrected chi connectivity index (χ0v) is 28.4. The minimum atomic E-state index is 0.652. The molecule has 0 fully saturated rings. The average molecular weight is 671 g/mol. The molecule has 0 saturated carbocycles. The van der Waals surface area contributed by atoms with Crippen molar-refractivity contribution in [2.75, 3.05) is 0 Å². The van der Waals surface area contributed by atoms with E-state index in [0.29, 0.717) is 17.5 Å². The van der Waals surface area contributed by atoms with E-state index in [1.54, 1.807) is 11.3 Å². The van der Waals surface area contributed by atoms with Crippen molar-refractivity contribution >= 4 is 53.3 Å². The number of fused-ring (bicyclic) bond motifs is 6. The Morgan fingerprint density at radius 2 is 0.941 bits per heavy atom. The molecule has 0 N–H and O–H groups in total. The molecule has 0 aliphatic heterocycles. The Hall–Kier alpha value is -6.43. The lowest BCUT2D eigenvalue weighted by molar-refractivity contribution is 0.869. The lowest BCUT2D eigenvalue weighted by Gasteiger charge is -2.13. The second-order valence-electron chi connectivity index (χ2n) is 12.8. The standard InChI is InChI=1S/C46H30N4S/c1-2-13-31(14-3-1)33-15-4-5-19-38(33)45-47-44(48-46(49-45)39-21-12-20-37-36-18-8-11-24-42(36)51-43(37)39)32-27-25-30(26-28-32)29-50-40-22-9-6-16-34(40)35-17-7-10-23-41(35)50/h1-28H,29H2. The number of para-hydroxylation sites is 2. The number of rotatable bonds is 6. The number of thiophene rings is 1. The molecule has 0 aliphatic rings. The number of hydrogen-bond donors (Lipinski definition) is 0. The highest BCUT2D eigenvalue weighted by Gasteiger charge is 2.18. The summed E-state index contributed by atoms with van der Waals surface area (Å²) in [6.45, 7) is 0.764. The van der Waals surface area contributed by atoms with Crippen molar-refractivity contribution in [1.82, 2.24) is 19.5 Å². The minimum absolute atomic E-state index is 0.652. The van der Waals surface area contributed by atoms with Gasteiger partial charge in [0.2, 0.25) is 0 Å². The molecule has 4 nitrogen and oxygen atoms in total. The summed E-state index contributed by atoms with van der Waals surface area (Å²) < 4.78 is 4.84. The maximum absolute atomic E-state index is 5.21. The molecule has 0 aliphatic carbocycles. The summed E-state index contributed by atoms with van der Waals surface area (Å²) in [5.74, 6) is 1.98. The first-order valence-corrected chi connectivity index (χ1v) is 18.0. The van der Waals surface area contributed by atoms with Crippen LogP contribution in [0.2, 0.25) is 0 Å². The molecule has 10 rings (SSSR count). The Balaban J connectivity index is 1.12. The van der Waals surface area contributed by atoms with Crippen LogP contribution in [0.3, 0.4) is 0 Å². The molecule has 51 heavy (non-hydrogen) atoms. The molecule has 0 atom stereocenters. The van der Waals surface area contributed by atoms with E-state index in [4.69, 9.17) is 15.0 Å². The molecule has 3 aromatic heterocycles. The van der Waals surface area contributed by atoms with E-state index < -0.39 is 0 Å². The van der Waals surface area contributed by atoms with E-state index in [-0.39, 0.29) is 0 Å². The Labute approximate surface area is 299 Å². The van der Waals surface area contributed by atoms with Crippen LogP contribution in [0.4, 0.5) is 0 Å². The maximum Gasteiger partial charge on any atom is 0.165 e. The van der Waals surface area contributed by atoms with Gasteiger partial charge in [0.15, 0.2) is 17.5 Å². The van der Waals surface area contributed by atoms with Crippen molar-refractivity contribution in [2.24, 2.45) is 0 Å². The Morgan fingerprint density at radius 1 is 0.392 bits per heavy atom. The van der Waals surface area contributed by atoms with Crippen LogP contribution >= 0.6 is 11.3 Å². The van der Waals surface area contributed by atoms with Crippen LogP contribution in [-0.2, 0) is 6.54 Å². The second kappa shape index (κ2) is 12.2. The lowest BCUT2D eigenvalue weighted by Crippen LogP contribution is -2.02. The van der Waals surface area contributed by atoms with Gasteiger partial charge in [-0.25, -0.2) is 15.0 Å². The van der Waals surface area contributed by atoms with Gasteiger partial charge >= 0.3 is 0 Å². The smallest absolute Gasteiger partial charge is 0.165 e. The summed E-state index contributed by atoms with van der Waals surface area (Å²) >= 11 is 1.79. The highest BCUT2D eigenvalue weighted by molar-refractivity contribution is 7.26. The normalized spacial score (nSPS) is 11.6. The van der Waals surface area contributed by atoms with Gasteiger partial charge in [-0.1, -0.05) is 146 Å². The maximum atomic E-state index is 5.21. The fourth-order valence-corrected chi connectivity index (χ4v) is 8.54. The topological polar surface area (TPSA) is 43.6 Å². The largest absolute Gasteiger partial charge is 0.336 e. The van der Waals surface area contributed by atoms with Crippen LogP contribution in [0.25, 0.3) is 87.3 Å². The van der Waals surface area contributed by atoms with E-state index >= 15 is 0 Å². The molecule has 5 heteroatoms. The van der Waals surface area contributed by atoms with Gasteiger partial charge in [0, 0.05) is 65.2 Å². The van der Waals surface area contributed by atoms with Crippen molar-refractivity contribution in [3.05, 3.63) is 175 Å². The summed E-state index contributed by atoms with van der Waals surface area (Å²) in [4.78, 5) is 15.6. The molecule has 0 unspecified atom stereocenters. The Kier molecular flexibility index (Phi) is 7.03. The zero-order chi connectivity index (χ0) is 33.7. The van der Waals surface area contributed by atoms with Crippen molar-refractivity contribution < 1.29 is 0 Å². The monoisotopic (exact) mass is 670 g/mol. The molecule has 3 heterocycles. The van der Waals surface area contributed by atoms with Crippen LogP contribution in [0.15, 0.2) is 170 Å². The van der Waals surface area contributed by atoms with Gasteiger partial charge in [-0.05, 0) is 41.0 Å². The first kappa shape index (κ1) is 29.5. The van der Waals surface area contributed by atoms with Gasteiger partial charge in [-0.2, -0.15) is 0 Å². The summed E-state index contributed by atoms with van der Waals surface area (Å²) in [6, 6.07) is 59.9. The molecule has 0 amide bonds. The summed E-state index contributed by atoms with van der Waals surface area (Å²) in [5, 5.41) is 5.02. The first-order chi connectivity index (χ1) is 25.3. The molecule has 0 spiro atoms. The quantitative estimate of drug-likeness (QED) is 0.177. The van der Waals surface area contributed by atoms with E-state index in [0.717, 1.165) is 34.4 Å². The number of nitrogens with zero attached hydrogens (tertiary/aromatic N) is 4. The van der Waals surface area contributed by atoms with Gasteiger partial charge < -0.3 is 4.57 Å². The van der Waals surface area contributed by atoms with E-state index in [9.17, 15) is 0 Å². The van der Waals surface area contributed by atoms with Crippen LogP contribution in [0.5, 0.6) is 0 Å². The highest BCUT2D eigenvalue weighted by atomic mass is 32.1. The van der Waals surface area contributed by atoms with E-state index in [2.05, 4.69) is 168 Å². The van der Waals surface area contributed by atoms with Crippen LogP contribution in [0, 0.1) is 0 Å². The van der Waals surface area contributed by atoms with Crippen LogP contribution in [-0.4, -0.2) is 19.5 Å². The van der Waals surface area contributed by atoms with Gasteiger partial charge in [-0.15, -0.1) is 11.3 Å². The third-order valence-corrected chi connectivity index (χ3v) is 11.0. The molecule has 240 valence electrons. The van der Waals surface area contributed by atoms with E-state index in [1.165, 1.54) is 47.5 Å². The third-order valence-electron chi connectivity index (χ3n) is 9.77.